The lowest BCUT2D eigenvalue weighted by Gasteiger charge is -2.12. The molecule has 4 nitrogen and oxygen atoms in total. The molecule has 3 rings (SSSR count). The molecule has 0 radical (unpaired) electrons. The third-order valence-electron chi connectivity index (χ3n) is 3.99. The number of hydrogen-bond donors (Lipinski definition) is 1. The van der Waals surface area contributed by atoms with Crippen molar-refractivity contribution in [3.8, 4) is 5.75 Å². The van der Waals surface area contributed by atoms with Crippen LogP contribution in [0.4, 0.5) is 5.69 Å². The molecule has 0 bridgehead atoms. The van der Waals surface area contributed by atoms with E-state index >= 15 is 0 Å². The monoisotopic (exact) mass is 437 g/mol. The van der Waals surface area contributed by atoms with E-state index in [9.17, 15) is 4.79 Å². The zero-order valence-electron chi connectivity index (χ0n) is 13.5. The first-order valence-electron chi connectivity index (χ1n) is 8.04. The maximum Gasteiger partial charge on any atom is 0.255 e. The molecule has 1 amide bonds. The second-order valence-electron chi connectivity index (χ2n) is 5.89. The minimum atomic E-state index is -0.141. The molecule has 0 spiro atoms. The van der Waals surface area contributed by atoms with Gasteiger partial charge in [-0.2, -0.15) is 0 Å². The fourth-order valence-electron chi connectivity index (χ4n) is 2.57. The topological polar surface area (TPSA) is 47.6 Å². The van der Waals surface area contributed by atoms with Gasteiger partial charge in [0.15, 0.2) is 0 Å². The van der Waals surface area contributed by atoms with Gasteiger partial charge < -0.3 is 14.8 Å². The van der Waals surface area contributed by atoms with E-state index in [0.717, 1.165) is 28.7 Å². The number of aryl methyl sites for hydroxylation is 1. The van der Waals surface area contributed by atoms with Gasteiger partial charge in [0.2, 0.25) is 0 Å². The molecular formula is C19H20INO3. The molecule has 0 aromatic heterocycles. The molecule has 1 aliphatic heterocycles. The van der Waals surface area contributed by atoms with Crippen molar-refractivity contribution >= 4 is 34.2 Å². The Morgan fingerprint density at radius 3 is 2.96 bits per heavy atom. The van der Waals surface area contributed by atoms with Crippen molar-refractivity contribution in [1.29, 1.82) is 0 Å². The maximum absolute atomic E-state index is 12.4. The zero-order valence-corrected chi connectivity index (χ0v) is 15.7. The van der Waals surface area contributed by atoms with Gasteiger partial charge in [-0.1, -0.05) is 12.1 Å². The molecule has 1 fully saturated rings. The molecule has 24 heavy (non-hydrogen) atoms. The van der Waals surface area contributed by atoms with Crippen molar-refractivity contribution in [3.05, 3.63) is 57.2 Å². The Morgan fingerprint density at radius 2 is 2.21 bits per heavy atom. The van der Waals surface area contributed by atoms with Crippen LogP contribution >= 0.6 is 22.6 Å². The van der Waals surface area contributed by atoms with E-state index in [1.165, 1.54) is 5.56 Å². The molecule has 5 heteroatoms. The summed E-state index contributed by atoms with van der Waals surface area (Å²) in [4.78, 5) is 12.4. The number of halogens is 1. The van der Waals surface area contributed by atoms with Gasteiger partial charge in [0.25, 0.3) is 5.91 Å². The van der Waals surface area contributed by atoms with Crippen molar-refractivity contribution in [2.45, 2.75) is 25.9 Å². The van der Waals surface area contributed by atoms with Gasteiger partial charge in [0.05, 0.1) is 6.10 Å². The number of hydrogen-bond acceptors (Lipinski definition) is 3. The van der Waals surface area contributed by atoms with Crippen molar-refractivity contribution in [1.82, 2.24) is 0 Å². The van der Waals surface area contributed by atoms with Crippen molar-refractivity contribution in [3.63, 3.8) is 0 Å². The normalized spacial score (nSPS) is 16.8. The quantitative estimate of drug-likeness (QED) is 0.706. The number of anilines is 1. The number of benzene rings is 2. The van der Waals surface area contributed by atoms with E-state index in [2.05, 4.69) is 27.9 Å². The van der Waals surface area contributed by atoms with E-state index in [1.54, 1.807) is 12.1 Å². The fourth-order valence-corrected chi connectivity index (χ4v) is 3.08. The zero-order chi connectivity index (χ0) is 16.9. The Balaban J connectivity index is 1.63. The molecule has 0 aliphatic carbocycles. The van der Waals surface area contributed by atoms with Crippen LogP contribution in [0.25, 0.3) is 0 Å². The summed E-state index contributed by atoms with van der Waals surface area (Å²) in [5.74, 6) is 0.550. The van der Waals surface area contributed by atoms with Gasteiger partial charge in [0.1, 0.15) is 12.4 Å². The molecule has 1 aliphatic rings. The number of ether oxygens (including phenoxy) is 2. The molecule has 1 atom stereocenters. The van der Waals surface area contributed by atoms with E-state index in [0.29, 0.717) is 17.9 Å². The van der Waals surface area contributed by atoms with Crippen LogP contribution in [0, 0.1) is 10.5 Å². The van der Waals surface area contributed by atoms with Crippen molar-refractivity contribution in [2.75, 3.05) is 18.5 Å². The molecule has 2 aromatic carbocycles. The number of amides is 1. The van der Waals surface area contributed by atoms with E-state index in [4.69, 9.17) is 9.47 Å². The highest BCUT2D eigenvalue weighted by Crippen LogP contribution is 2.20. The molecule has 0 saturated carbocycles. The van der Waals surface area contributed by atoms with E-state index in [1.807, 2.05) is 37.3 Å². The number of carbonyl (C=O) groups is 1. The molecule has 1 N–H and O–H groups in total. The third-order valence-corrected chi connectivity index (χ3v) is 5.15. The lowest BCUT2D eigenvalue weighted by Crippen LogP contribution is -2.17. The van der Waals surface area contributed by atoms with Crippen molar-refractivity contribution in [2.24, 2.45) is 0 Å². The molecule has 2 aromatic rings. The Labute approximate surface area is 155 Å². The molecule has 1 heterocycles. The predicted molar refractivity (Wildman–Crippen MR) is 103 cm³/mol. The summed E-state index contributed by atoms with van der Waals surface area (Å²) in [6.07, 6.45) is 2.29. The lowest BCUT2D eigenvalue weighted by molar-refractivity contribution is 0.0679. The first-order valence-corrected chi connectivity index (χ1v) is 9.11. The van der Waals surface area contributed by atoms with Crippen LogP contribution < -0.4 is 10.1 Å². The third kappa shape index (κ3) is 4.48. The van der Waals surface area contributed by atoms with Crippen LogP contribution in [0.1, 0.15) is 28.8 Å². The molecular weight excluding hydrogens is 417 g/mol. The summed E-state index contributed by atoms with van der Waals surface area (Å²) in [5, 5.41) is 2.93. The number of rotatable bonds is 5. The highest BCUT2D eigenvalue weighted by Gasteiger charge is 2.16. The average Bonchev–Trinajstić information content (AvgIpc) is 3.10. The second kappa shape index (κ2) is 7.98. The molecule has 1 saturated heterocycles. The van der Waals surface area contributed by atoms with Crippen molar-refractivity contribution < 1.29 is 14.3 Å². The minimum absolute atomic E-state index is 0.141. The number of nitrogens with one attached hydrogen (secondary N) is 1. The summed E-state index contributed by atoms with van der Waals surface area (Å²) >= 11 is 2.26. The molecule has 126 valence electrons. The van der Waals surface area contributed by atoms with Crippen LogP contribution in [-0.2, 0) is 4.74 Å². The Morgan fingerprint density at radius 1 is 1.33 bits per heavy atom. The SMILES string of the molecule is Cc1ccc(NC(=O)c2cccc(OCC3CCCO3)c2)cc1I. The highest BCUT2D eigenvalue weighted by molar-refractivity contribution is 14.1. The summed E-state index contributed by atoms with van der Waals surface area (Å²) < 4.78 is 12.4. The first-order chi connectivity index (χ1) is 11.6. The fraction of sp³-hybridized carbons (Fsp3) is 0.316. The largest absolute Gasteiger partial charge is 0.491 e. The van der Waals surface area contributed by atoms with Crippen LogP contribution in [-0.4, -0.2) is 25.2 Å². The number of carbonyl (C=O) groups excluding carboxylic acids is 1. The smallest absolute Gasteiger partial charge is 0.255 e. The van der Waals surface area contributed by atoms with Gasteiger partial charge in [-0.3, -0.25) is 4.79 Å². The van der Waals surface area contributed by atoms with Gasteiger partial charge in [-0.15, -0.1) is 0 Å². The summed E-state index contributed by atoms with van der Waals surface area (Å²) in [5.41, 5.74) is 2.56. The average molecular weight is 437 g/mol. The van der Waals surface area contributed by atoms with Crippen LogP contribution in [0.15, 0.2) is 42.5 Å². The standard InChI is InChI=1S/C19H20INO3/c1-13-7-8-15(11-18(13)20)21-19(22)14-4-2-5-16(10-14)24-12-17-6-3-9-23-17/h2,4-5,7-8,10-11,17H,3,6,9,12H2,1H3,(H,21,22). The summed E-state index contributed by atoms with van der Waals surface area (Å²) in [6.45, 7) is 3.38. The van der Waals surface area contributed by atoms with Gasteiger partial charge in [-0.05, 0) is 78.3 Å². The lowest BCUT2D eigenvalue weighted by atomic mass is 10.2. The second-order valence-corrected chi connectivity index (χ2v) is 7.05. The van der Waals surface area contributed by atoms with Crippen LogP contribution in [0.3, 0.4) is 0 Å². The van der Waals surface area contributed by atoms with Crippen LogP contribution in [0.2, 0.25) is 0 Å². The summed E-state index contributed by atoms with van der Waals surface area (Å²) in [7, 11) is 0. The summed E-state index contributed by atoms with van der Waals surface area (Å²) in [6, 6.07) is 13.1. The van der Waals surface area contributed by atoms with E-state index in [-0.39, 0.29) is 12.0 Å². The highest BCUT2D eigenvalue weighted by atomic mass is 127. The Bertz CT molecular complexity index is 726. The Kier molecular flexibility index (Phi) is 5.73. The van der Waals surface area contributed by atoms with Gasteiger partial charge in [-0.25, -0.2) is 0 Å². The predicted octanol–water partition coefficient (Wildman–Crippen LogP) is 4.41. The van der Waals surface area contributed by atoms with Gasteiger partial charge >= 0.3 is 0 Å². The first kappa shape index (κ1) is 17.2. The van der Waals surface area contributed by atoms with Gasteiger partial charge in [0, 0.05) is 21.4 Å². The Hall–Kier alpha value is -1.60. The maximum atomic E-state index is 12.4. The molecule has 1 unspecified atom stereocenters. The van der Waals surface area contributed by atoms with E-state index < -0.39 is 0 Å². The minimum Gasteiger partial charge on any atom is -0.491 e. The van der Waals surface area contributed by atoms with Crippen LogP contribution in [0.5, 0.6) is 5.75 Å².